The van der Waals surface area contributed by atoms with E-state index >= 15 is 0 Å². The lowest BCUT2D eigenvalue weighted by Crippen LogP contribution is -1.97. The summed E-state index contributed by atoms with van der Waals surface area (Å²) in [4.78, 5) is 0. The van der Waals surface area contributed by atoms with Crippen LogP contribution in [0.4, 0.5) is 5.69 Å². The molecule has 0 spiro atoms. The Hall–Kier alpha value is -1.67. The molecule has 0 saturated heterocycles. The highest BCUT2D eigenvalue weighted by Gasteiger charge is 2.12. The van der Waals surface area contributed by atoms with E-state index in [9.17, 15) is 0 Å². The fourth-order valence-corrected chi connectivity index (χ4v) is 2.27. The van der Waals surface area contributed by atoms with Crippen LogP contribution < -0.4 is 10.5 Å². The number of benzene rings is 2. The van der Waals surface area contributed by atoms with Gasteiger partial charge in [-0.3, -0.25) is 0 Å². The van der Waals surface area contributed by atoms with Gasteiger partial charge in [0.15, 0.2) is 0 Å². The van der Waals surface area contributed by atoms with E-state index in [4.69, 9.17) is 22.1 Å². The van der Waals surface area contributed by atoms with Gasteiger partial charge in [0, 0.05) is 5.69 Å². The molecular formula is C16H18ClNO. The molecular weight excluding hydrogens is 258 g/mol. The van der Waals surface area contributed by atoms with Gasteiger partial charge in [0.2, 0.25) is 0 Å². The van der Waals surface area contributed by atoms with Crippen molar-refractivity contribution in [3.63, 3.8) is 0 Å². The number of ether oxygens (including phenoxy) is 1. The van der Waals surface area contributed by atoms with E-state index in [1.165, 1.54) is 11.1 Å². The lowest BCUT2D eigenvalue weighted by atomic mass is 10.00. The Morgan fingerprint density at radius 1 is 0.947 bits per heavy atom. The summed E-state index contributed by atoms with van der Waals surface area (Å²) >= 11 is 6.16. The molecule has 0 unspecified atom stereocenters. The van der Waals surface area contributed by atoms with Crippen LogP contribution in [-0.2, 0) is 0 Å². The van der Waals surface area contributed by atoms with Crippen LogP contribution in [0.3, 0.4) is 0 Å². The van der Waals surface area contributed by atoms with E-state index in [1.54, 1.807) is 18.2 Å². The maximum absolute atomic E-state index is 6.16. The van der Waals surface area contributed by atoms with Crippen molar-refractivity contribution in [1.82, 2.24) is 0 Å². The normalized spacial score (nSPS) is 10.6. The standard InChI is InChI=1S/C16H18ClNO/c1-9-7-10(2)12(4)16(11(9)3)19-15-6-5-13(18)8-14(15)17/h5-8H,18H2,1-4H3. The fourth-order valence-electron chi connectivity index (χ4n) is 2.04. The van der Waals surface area contributed by atoms with Crippen molar-refractivity contribution in [3.8, 4) is 11.5 Å². The average molecular weight is 276 g/mol. The number of rotatable bonds is 2. The maximum atomic E-state index is 6.16. The van der Waals surface area contributed by atoms with Gasteiger partial charge in [-0.2, -0.15) is 0 Å². The van der Waals surface area contributed by atoms with Crippen molar-refractivity contribution in [3.05, 3.63) is 51.5 Å². The molecule has 19 heavy (non-hydrogen) atoms. The molecule has 2 nitrogen and oxygen atoms in total. The van der Waals surface area contributed by atoms with Crippen LogP contribution in [0.25, 0.3) is 0 Å². The van der Waals surface area contributed by atoms with E-state index in [0.29, 0.717) is 16.5 Å². The minimum absolute atomic E-state index is 0.526. The maximum Gasteiger partial charge on any atom is 0.146 e. The zero-order valence-corrected chi connectivity index (χ0v) is 12.4. The molecule has 0 radical (unpaired) electrons. The number of hydrogen-bond donors (Lipinski definition) is 1. The number of halogens is 1. The Labute approximate surface area is 119 Å². The summed E-state index contributed by atoms with van der Waals surface area (Å²) in [7, 11) is 0. The quantitative estimate of drug-likeness (QED) is 0.787. The molecule has 0 fully saturated rings. The Kier molecular flexibility index (Phi) is 3.72. The minimum atomic E-state index is 0.526. The number of nitrogens with two attached hydrogens (primary N) is 1. The first kappa shape index (κ1) is 13.8. The van der Waals surface area contributed by atoms with Crippen molar-refractivity contribution in [2.75, 3.05) is 5.73 Å². The van der Waals surface area contributed by atoms with Gasteiger partial charge in [0.05, 0.1) is 5.02 Å². The number of aryl methyl sites for hydroxylation is 2. The van der Waals surface area contributed by atoms with Gasteiger partial charge < -0.3 is 10.5 Å². The van der Waals surface area contributed by atoms with Crippen molar-refractivity contribution in [1.29, 1.82) is 0 Å². The molecule has 2 aromatic rings. The largest absolute Gasteiger partial charge is 0.455 e. The monoisotopic (exact) mass is 275 g/mol. The highest BCUT2D eigenvalue weighted by Crippen LogP contribution is 2.36. The average Bonchev–Trinajstić information content (AvgIpc) is 2.34. The van der Waals surface area contributed by atoms with Crippen LogP contribution in [0.5, 0.6) is 11.5 Å². The third-order valence-corrected chi connectivity index (χ3v) is 3.76. The summed E-state index contributed by atoms with van der Waals surface area (Å²) < 4.78 is 6.00. The Balaban J connectivity index is 2.49. The molecule has 2 aromatic carbocycles. The second-order valence-corrected chi connectivity index (χ2v) is 5.29. The van der Waals surface area contributed by atoms with Crippen molar-refractivity contribution in [2.45, 2.75) is 27.7 Å². The summed E-state index contributed by atoms with van der Waals surface area (Å²) in [5.41, 5.74) is 11.0. The van der Waals surface area contributed by atoms with Crippen LogP contribution in [0.15, 0.2) is 24.3 Å². The first-order valence-corrected chi connectivity index (χ1v) is 6.58. The van der Waals surface area contributed by atoms with Crippen LogP contribution in [0.1, 0.15) is 22.3 Å². The summed E-state index contributed by atoms with van der Waals surface area (Å²) in [5.74, 6) is 1.51. The molecule has 0 heterocycles. The van der Waals surface area contributed by atoms with Crippen LogP contribution in [0, 0.1) is 27.7 Å². The Morgan fingerprint density at radius 2 is 1.53 bits per heavy atom. The second-order valence-electron chi connectivity index (χ2n) is 4.88. The highest BCUT2D eigenvalue weighted by atomic mass is 35.5. The summed E-state index contributed by atoms with van der Waals surface area (Å²) in [6, 6.07) is 7.45. The molecule has 0 bridgehead atoms. The molecule has 0 amide bonds. The molecule has 0 atom stereocenters. The van der Waals surface area contributed by atoms with Gasteiger partial charge in [-0.15, -0.1) is 0 Å². The number of nitrogen functional groups attached to an aromatic ring is 1. The predicted octanol–water partition coefficient (Wildman–Crippen LogP) is 4.95. The van der Waals surface area contributed by atoms with Crippen LogP contribution in [0.2, 0.25) is 5.02 Å². The van der Waals surface area contributed by atoms with E-state index in [0.717, 1.165) is 16.9 Å². The van der Waals surface area contributed by atoms with Crippen molar-refractivity contribution in [2.24, 2.45) is 0 Å². The van der Waals surface area contributed by atoms with Gasteiger partial charge in [0.25, 0.3) is 0 Å². The number of anilines is 1. The molecule has 0 aliphatic heterocycles. The molecule has 2 N–H and O–H groups in total. The smallest absolute Gasteiger partial charge is 0.146 e. The molecule has 0 aliphatic rings. The second kappa shape index (κ2) is 5.14. The minimum Gasteiger partial charge on any atom is -0.455 e. The van der Waals surface area contributed by atoms with E-state index in [-0.39, 0.29) is 0 Å². The Morgan fingerprint density at radius 3 is 2.05 bits per heavy atom. The molecule has 3 heteroatoms. The highest BCUT2D eigenvalue weighted by molar-refractivity contribution is 6.32. The SMILES string of the molecule is Cc1cc(C)c(C)c(Oc2ccc(N)cc2Cl)c1C. The third kappa shape index (κ3) is 2.69. The summed E-state index contributed by atoms with van der Waals surface area (Å²) in [5, 5.41) is 0.526. The van der Waals surface area contributed by atoms with Gasteiger partial charge >= 0.3 is 0 Å². The molecule has 0 aromatic heterocycles. The molecule has 0 aliphatic carbocycles. The molecule has 100 valence electrons. The summed E-state index contributed by atoms with van der Waals surface area (Å²) in [6.45, 7) is 8.28. The van der Waals surface area contributed by atoms with Gasteiger partial charge in [0.1, 0.15) is 11.5 Å². The molecule has 0 saturated carbocycles. The van der Waals surface area contributed by atoms with Crippen molar-refractivity contribution >= 4 is 17.3 Å². The van der Waals surface area contributed by atoms with E-state index in [2.05, 4.69) is 33.8 Å². The Bertz CT molecular complexity index is 609. The van der Waals surface area contributed by atoms with Gasteiger partial charge in [-0.1, -0.05) is 17.7 Å². The third-order valence-electron chi connectivity index (χ3n) is 3.47. The predicted molar refractivity (Wildman–Crippen MR) is 81.3 cm³/mol. The van der Waals surface area contributed by atoms with Crippen LogP contribution >= 0.6 is 11.6 Å². The van der Waals surface area contributed by atoms with E-state index < -0.39 is 0 Å². The van der Waals surface area contributed by atoms with Crippen LogP contribution in [-0.4, -0.2) is 0 Å². The van der Waals surface area contributed by atoms with Gasteiger partial charge in [-0.25, -0.2) is 0 Å². The van der Waals surface area contributed by atoms with Gasteiger partial charge in [-0.05, 0) is 68.1 Å². The lowest BCUT2D eigenvalue weighted by Gasteiger charge is -2.16. The first-order valence-electron chi connectivity index (χ1n) is 6.20. The summed E-state index contributed by atoms with van der Waals surface area (Å²) in [6.07, 6.45) is 0. The topological polar surface area (TPSA) is 35.2 Å². The number of hydrogen-bond acceptors (Lipinski definition) is 2. The molecule has 2 rings (SSSR count). The zero-order valence-electron chi connectivity index (χ0n) is 11.7. The zero-order chi connectivity index (χ0) is 14.2. The fraction of sp³-hybridized carbons (Fsp3) is 0.250. The lowest BCUT2D eigenvalue weighted by molar-refractivity contribution is 0.474. The van der Waals surface area contributed by atoms with E-state index in [1.807, 2.05) is 0 Å². The first-order chi connectivity index (χ1) is 8.90. The van der Waals surface area contributed by atoms with Crippen molar-refractivity contribution < 1.29 is 4.74 Å².